The fourth-order valence-electron chi connectivity index (χ4n) is 1.12. The quantitative estimate of drug-likeness (QED) is 0.381. The maximum absolute atomic E-state index is 5.53. The van der Waals surface area contributed by atoms with E-state index in [2.05, 4.69) is 31.9 Å². The van der Waals surface area contributed by atoms with Crippen LogP contribution in [-0.2, 0) is 0 Å². The van der Waals surface area contributed by atoms with Gasteiger partial charge in [-0.1, -0.05) is 59.6 Å². The topological polar surface area (TPSA) is 18.5 Å². The monoisotopic (exact) mass is 410 g/mol. The zero-order chi connectivity index (χ0) is 15.6. The second-order valence-electron chi connectivity index (χ2n) is 3.25. The molecule has 0 atom stereocenters. The predicted octanol–water partition coefficient (Wildman–Crippen LogP) is 6.07. The molecule has 0 N–H and O–H groups in total. The molecule has 1 rings (SSSR count). The molecule has 0 amide bonds. The first-order valence-corrected chi connectivity index (χ1v) is 9.58. The molecule has 0 aromatic heterocycles. The zero-order valence-corrected chi connectivity index (χ0v) is 16.3. The van der Waals surface area contributed by atoms with Crippen LogP contribution in [0.3, 0.4) is 0 Å². The lowest BCUT2D eigenvalue weighted by Gasteiger charge is -2.07. The third-order valence-corrected chi connectivity index (χ3v) is 3.04. The molecule has 0 aliphatic carbocycles. The van der Waals surface area contributed by atoms with Crippen molar-refractivity contribution in [3.05, 3.63) is 24.3 Å². The van der Waals surface area contributed by atoms with Gasteiger partial charge in [0.15, 0.2) is 0 Å². The molecular weight excluding hydrogens is 384 g/mol. The SMILES string of the molecule is BrCCCOc1ccc(OCCCBr)cc1.CC.CC. The van der Waals surface area contributed by atoms with Gasteiger partial charge in [0.05, 0.1) is 13.2 Å². The van der Waals surface area contributed by atoms with Crippen LogP contribution in [0.1, 0.15) is 40.5 Å². The second-order valence-corrected chi connectivity index (χ2v) is 4.84. The Labute approximate surface area is 141 Å². The van der Waals surface area contributed by atoms with Crippen molar-refractivity contribution in [2.24, 2.45) is 0 Å². The lowest BCUT2D eigenvalue weighted by molar-refractivity contribution is 0.310. The summed E-state index contributed by atoms with van der Waals surface area (Å²) in [5, 5.41) is 1.95. The summed E-state index contributed by atoms with van der Waals surface area (Å²) in [7, 11) is 0. The van der Waals surface area contributed by atoms with E-state index in [4.69, 9.17) is 9.47 Å². The van der Waals surface area contributed by atoms with Crippen LogP contribution in [0.5, 0.6) is 11.5 Å². The largest absolute Gasteiger partial charge is 0.494 e. The minimum absolute atomic E-state index is 0.745. The third kappa shape index (κ3) is 12.8. The lowest BCUT2D eigenvalue weighted by atomic mass is 10.3. The number of benzene rings is 1. The van der Waals surface area contributed by atoms with Crippen molar-refractivity contribution >= 4 is 31.9 Å². The maximum atomic E-state index is 5.53. The summed E-state index contributed by atoms with van der Waals surface area (Å²) in [5.74, 6) is 1.79. The molecule has 20 heavy (non-hydrogen) atoms. The molecule has 0 fully saturated rings. The van der Waals surface area contributed by atoms with E-state index in [-0.39, 0.29) is 0 Å². The van der Waals surface area contributed by atoms with Crippen molar-refractivity contribution < 1.29 is 9.47 Å². The van der Waals surface area contributed by atoms with Gasteiger partial charge in [-0.05, 0) is 37.1 Å². The summed E-state index contributed by atoms with van der Waals surface area (Å²) >= 11 is 6.73. The number of hydrogen-bond acceptors (Lipinski definition) is 2. The van der Waals surface area contributed by atoms with Crippen LogP contribution < -0.4 is 9.47 Å². The Morgan fingerprint density at radius 1 is 0.700 bits per heavy atom. The minimum atomic E-state index is 0.745. The smallest absolute Gasteiger partial charge is 0.119 e. The lowest BCUT2D eigenvalue weighted by Crippen LogP contribution is -1.99. The van der Waals surface area contributed by atoms with Crippen molar-refractivity contribution in [1.29, 1.82) is 0 Å². The molecule has 0 saturated heterocycles. The molecule has 0 aliphatic heterocycles. The molecule has 0 spiro atoms. The van der Waals surface area contributed by atoms with Gasteiger partial charge in [0.1, 0.15) is 11.5 Å². The Morgan fingerprint density at radius 2 is 1.00 bits per heavy atom. The highest BCUT2D eigenvalue weighted by Crippen LogP contribution is 2.17. The predicted molar refractivity (Wildman–Crippen MR) is 97.0 cm³/mol. The minimum Gasteiger partial charge on any atom is -0.494 e. The van der Waals surface area contributed by atoms with E-state index in [1.165, 1.54) is 0 Å². The summed E-state index contributed by atoms with van der Waals surface area (Å²) in [5.41, 5.74) is 0. The van der Waals surface area contributed by atoms with Gasteiger partial charge in [-0.15, -0.1) is 0 Å². The Bertz CT molecular complexity index is 247. The third-order valence-electron chi connectivity index (χ3n) is 1.92. The van der Waals surface area contributed by atoms with Gasteiger partial charge >= 0.3 is 0 Å². The Balaban J connectivity index is 0. The molecule has 0 unspecified atom stereocenters. The molecule has 1 aromatic rings. The van der Waals surface area contributed by atoms with E-state index >= 15 is 0 Å². The number of halogens is 2. The molecule has 4 heteroatoms. The first kappa shape index (κ1) is 22.1. The van der Waals surface area contributed by atoms with E-state index in [1.807, 2.05) is 52.0 Å². The van der Waals surface area contributed by atoms with Crippen molar-refractivity contribution in [3.8, 4) is 11.5 Å². The average molecular weight is 412 g/mol. The van der Waals surface area contributed by atoms with Gasteiger partial charge in [-0.3, -0.25) is 0 Å². The summed E-state index contributed by atoms with van der Waals surface area (Å²) in [6.07, 6.45) is 2.03. The molecule has 2 nitrogen and oxygen atoms in total. The summed E-state index contributed by atoms with van der Waals surface area (Å²) in [6.45, 7) is 9.49. The molecule has 0 saturated carbocycles. The standard InChI is InChI=1S/C12H16Br2O2.2C2H6/c13-7-1-9-15-11-3-5-12(6-4-11)16-10-2-8-14;2*1-2/h3-6H,1-2,7-10H2;2*1-2H3. The average Bonchev–Trinajstić information content (AvgIpc) is 2.53. The van der Waals surface area contributed by atoms with Crippen LogP contribution >= 0.6 is 31.9 Å². The normalized spacial score (nSPS) is 8.70. The van der Waals surface area contributed by atoms with Crippen LogP contribution in [0.25, 0.3) is 0 Å². The Morgan fingerprint density at radius 3 is 1.25 bits per heavy atom. The van der Waals surface area contributed by atoms with E-state index in [9.17, 15) is 0 Å². The highest BCUT2D eigenvalue weighted by Gasteiger charge is 1.96. The van der Waals surface area contributed by atoms with E-state index in [0.717, 1.165) is 48.2 Å². The number of rotatable bonds is 8. The van der Waals surface area contributed by atoms with Gasteiger partial charge < -0.3 is 9.47 Å². The molecule has 0 radical (unpaired) electrons. The van der Waals surface area contributed by atoms with Gasteiger partial charge in [-0.25, -0.2) is 0 Å². The highest BCUT2D eigenvalue weighted by molar-refractivity contribution is 9.09. The van der Waals surface area contributed by atoms with E-state index in [0.29, 0.717) is 0 Å². The van der Waals surface area contributed by atoms with Gasteiger partial charge in [-0.2, -0.15) is 0 Å². The first-order valence-electron chi connectivity index (χ1n) is 7.34. The fraction of sp³-hybridized carbons (Fsp3) is 0.625. The van der Waals surface area contributed by atoms with Crippen molar-refractivity contribution in [2.75, 3.05) is 23.9 Å². The highest BCUT2D eigenvalue weighted by atomic mass is 79.9. The number of alkyl halides is 2. The van der Waals surface area contributed by atoms with Crippen LogP contribution in [0, 0.1) is 0 Å². The van der Waals surface area contributed by atoms with Gasteiger partial charge in [0, 0.05) is 10.7 Å². The first-order chi connectivity index (χ1) is 9.86. The van der Waals surface area contributed by atoms with Crippen LogP contribution in [-0.4, -0.2) is 23.9 Å². The molecule has 0 bridgehead atoms. The molecule has 0 aliphatic rings. The Kier molecular flexibility index (Phi) is 20.7. The molecule has 0 heterocycles. The number of hydrogen-bond donors (Lipinski definition) is 0. The fourth-order valence-corrected chi connectivity index (χ4v) is 1.58. The van der Waals surface area contributed by atoms with Crippen LogP contribution in [0.4, 0.5) is 0 Å². The second kappa shape index (κ2) is 18.8. The van der Waals surface area contributed by atoms with Crippen molar-refractivity contribution in [2.45, 2.75) is 40.5 Å². The van der Waals surface area contributed by atoms with Gasteiger partial charge in [0.25, 0.3) is 0 Å². The summed E-state index contributed by atoms with van der Waals surface area (Å²) in [4.78, 5) is 0. The van der Waals surface area contributed by atoms with Crippen molar-refractivity contribution in [1.82, 2.24) is 0 Å². The summed E-state index contributed by atoms with van der Waals surface area (Å²) < 4.78 is 11.1. The summed E-state index contributed by atoms with van der Waals surface area (Å²) in [6, 6.07) is 7.77. The zero-order valence-electron chi connectivity index (χ0n) is 13.1. The maximum Gasteiger partial charge on any atom is 0.119 e. The number of ether oxygens (including phenoxy) is 2. The van der Waals surface area contributed by atoms with Crippen LogP contribution in [0.2, 0.25) is 0 Å². The van der Waals surface area contributed by atoms with Crippen molar-refractivity contribution in [3.63, 3.8) is 0 Å². The molecule has 118 valence electrons. The molecular formula is C16H28Br2O2. The van der Waals surface area contributed by atoms with Crippen LogP contribution in [0.15, 0.2) is 24.3 Å². The van der Waals surface area contributed by atoms with E-state index < -0.39 is 0 Å². The van der Waals surface area contributed by atoms with E-state index in [1.54, 1.807) is 0 Å². The molecule has 1 aromatic carbocycles. The van der Waals surface area contributed by atoms with Gasteiger partial charge in [0.2, 0.25) is 0 Å². The Hall–Kier alpha value is -0.220.